The highest BCUT2D eigenvalue weighted by molar-refractivity contribution is 6.32. The van der Waals surface area contributed by atoms with E-state index in [0.29, 0.717) is 10.6 Å². The maximum Gasteiger partial charge on any atom is 0.341 e. The fourth-order valence-corrected chi connectivity index (χ4v) is 2.91. The first-order valence-corrected chi connectivity index (χ1v) is 7.07. The number of rotatable bonds is 3. The average Bonchev–Trinajstić information content (AvgIpc) is 2.46. The Balaban J connectivity index is 2.14. The van der Waals surface area contributed by atoms with Crippen LogP contribution < -0.4 is 10.4 Å². The number of hydrogen-bond acceptors (Lipinski definition) is 4. The van der Waals surface area contributed by atoms with Gasteiger partial charge in [0.2, 0.25) is 0 Å². The number of fused-ring (bicyclic) bond motifs is 3. The lowest BCUT2D eigenvalue weighted by molar-refractivity contribution is -0.139. The Morgan fingerprint density at radius 3 is 2.71 bits per heavy atom. The molecule has 5 nitrogen and oxygen atoms in total. The lowest BCUT2D eigenvalue weighted by atomic mass is 9.91. The van der Waals surface area contributed by atoms with Crippen LogP contribution in [0.1, 0.15) is 24.0 Å². The minimum atomic E-state index is -1.10. The van der Waals surface area contributed by atoms with Crippen LogP contribution in [0.4, 0.5) is 0 Å². The van der Waals surface area contributed by atoms with Gasteiger partial charge in [0.15, 0.2) is 6.61 Å². The van der Waals surface area contributed by atoms with Gasteiger partial charge < -0.3 is 14.3 Å². The van der Waals surface area contributed by atoms with E-state index in [-0.39, 0.29) is 11.4 Å². The Hall–Kier alpha value is -2.01. The van der Waals surface area contributed by atoms with Crippen LogP contribution in [0, 0.1) is 0 Å². The van der Waals surface area contributed by atoms with Crippen molar-refractivity contribution < 1.29 is 19.1 Å². The molecule has 21 heavy (non-hydrogen) atoms. The molecule has 0 saturated heterocycles. The fraction of sp³-hybridized carbons (Fsp3) is 0.333. The van der Waals surface area contributed by atoms with Gasteiger partial charge in [-0.2, -0.15) is 0 Å². The summed E-state index contributed by atoms with van der Waals surface area (Å²) in [7, 11) is 0. The average molecular weight is 309 g/mol. The first-order chi connectivity index (χ1) is 10.1. The van der Waals surface area contributed by atoms with E-state index in [1.54, 1.807) is 6.07 Å². The zero-order valence-corrected chi connectivity index (χ0v) is 11.9. The molecule has 1 heterocycles. The molecule has 3 rings (SSSR count). The first kappa shape index (κ1) is 13.9. The van der Waals surface area contributed by atoms with Gasteiger partial charge >= 0.3 is 11.6 Å². The monoisotopic (exact) mass is 308 g/mol. The molecule has 1 aliphatic carbocycles. The van der Waals surface area contributed by atoms with E-state index in [2.05, 4.69) is 0 Å². The van der Waals surface area contributed by atoms with Gasteiger partial charge in [-0.3, -0.25) is 0 Å². The van der Waals surface area contributed by atoms with Crippen LogP contribution in [0.15, 0.2) is 21.3 Å². The smallest absolute Gasteiger partial charge is 0.341 e. The van der Waals surface area contributed by atoms with Crippen molar-refractivity contribution in [1.29, 1.82) is 0 Å². The summed E-state index contributed by atoms with van der Waals surface area (Å²) in [6.07, 6.45) is 3.56. The molecule has 110 valence electrons. The van der Waals surface area contributed by atoms with Crippen molar-refractivity contribution in [3.8, 4) is 5.75 Å². The number of benzene rings is 1. The third-order valence-electron chi connectivity index (χ3n) is 3.63. The number of carboxylic acids is 1. The van der Waals surface area contributed by atoms with Gasteiger partial charge in [-0.15, -0.1) is 0 Å². The van der Waals surface area contributed by atoms with Crippen LogP contribution in [-0.2, 0) is 17.6 Å². The second-order valence-corrected chi connectivity index (χ2v) is 5.42. The Kier molecular flexibility index (Phi) is 3.59. The molecule has 0 unspecified atom stereocenters. The van der Waals surface area contributed by atoms with Crippen molar-refractivity contribution in [2.45, 2.75) is 25.7 Å². The second-order valence-electron chi connectivity index (χ2n) is 5.01. The van der Waals surface area contributed by atoms with Crippen LogP contribution >= 0.6 is 11.6 Å². The normalized spacial score (nSPS) is 14.0. The first-order valence-electron chi connectivity index (χ1n) is 6.69. The largest absolute Gasteiger partial charge is 0.480 e. The highest BCUT2D eigenvalue weighted by atomic mass is 35.5. The molecule has 1 aromatic carbocycles. The summed E-state index contributed by atoms with van der Waals surface area (Å²) in [5.74, 6) is -0.900. The number of carbonyl (C=O) groups is 1. The zero-order chi connectivity index (χ0) is 15.0. The van der Waals surface area contributed by atoms with Gasteiger partial charge in [0.25, 0.3) is 0 Å². The maximum absolute atomic E-state index is 12.0. The summed E-state index contributed by atoms with van der Waals surface area (Å²) in [6.45, 7) is -0.500. The summed E-state index contributed by atoms with van der Waals surface area (Å²) < 4.78 is 10.4. The van der Waals surface area contributed by atoms with Gasteiger partial charge in [-0.25, -0.2) is 9.59 Å². The van der Waals surface area contributed by atoms with Gasteiger partial charge in [-0.1, -0.05) is 11.6 Å². The molecular formula is C15H13ClO5. The van der Waals surface area contributed by atoms with Crippen molar-refractivity contribution in [2.24, 2.45) is 0 Å². The van der Waals surface area contributed by atoms with E-state index in [9.17, 15) is 9.59 Å². The number of aryl methyl sites for hydroxylation is 1. The Morgan fingerprint density at radius 2 is 2.00 bits per heavy atom. The molecule has 0 aliphatic heterocycles. The summed E-state index contributed by atoms with van der Waals surface area (Å²) in [5, 5.41) is 9.75. The number of halogens is 1. The summed E-state index contributed by atoms with van der Waals surface area (Å²) in [4.78, 5) is 22.6. The SMILES string of the molecule is O=C(O)COc1cc2oc(=O)c3c(c2cc1Cl)CCCC3. The topological polar surface area (TPSA) is 76.7 Å². The molecule has 0 radical (unpaired) electrons. The van der Waals surface area contributed by atoms with Crippen LogP contribution in [0.3, 0.4) is 0 Å². The Bertz CT molecular complexity index is 778. The lowest BCUT2D eigenvalue weighted by Crippen LogP contribution is -2.16. The van der Waals surface area contributed by atoms with E-state index >= 15 is 0 Å². The highest BCUT2D eigenvalue weighted by Gasteiger charge is 2.19. The van der Waals surface area contributed by atoms with Gasteiger partial charge in [0, 0.05) is 17.0 Å². The minimum Gasteiger partial charge on any atom is -0.480 e. The number of ether oxygens (including phenoxy) is 1. The zero-order valence-electron chi connectivity index (χ0n) is 11.1. The van der Waals surface area contributed by atoms with Crippen LogP contribution in [-0.4, -0.2) is 17.7 Å². The van der Waals surface area contributed by atoms with Crippen molar-refractivity contribution in [1.82, 2.24) is 0 Å². The van der Waals surface area contributed by atoms with Crippen molar-refractivity contribution in [3.05, 3.63) is 38.7 Å². The van der Waals surface area contributed by atoms with Gasteiger partial charge in [0.05, 0.1) is 5.02 Å². The van der Waals surface area contributed by atoms with Crippen LogP contribution in [0.25, 0.3) is 11.0 Å². The molecular weight excluding hydrogens is 296 g/mol. The van der Waals surface area contributed by atoms with Crippen LogP contribution in [0.5, 0.6) is 5.75 Å². The maximum atomic E-state index is 12.0. The number of aliphatic carboxylic acids is 1. The third-order valence-corrected chi connectivity index (χ3v) is 3.92. The number of carboxylic acid groups (broad SMARTS) is 1. The van der Waals surface area contributed by atoms with E-state index in [4.69, 9.17) is 25.9 Å². The third kappa shape index (κ3) is 2.61. The Morgan fingerprint density at radius 1 is 1.29 bits per heavy atom. The molecule has 6 heteroatoms. The quantitative estimate of drug-likeness (QED) is 0.882. The minimum absolute atomic E-state index is 0.200. The molecule has 0 saturated carbocycles. The molecule has 2 aromatic rings. The Labute approximate surface area is 125 Å². The molecule has 1 aliphatic rings. The van der Waals surface area contributed by atoms with Gasteiger partial charge in [-0.05, 0) is 37.3 Å². The molecule has 1 N–H and O–H groups in total. The molecule has 0 spiro atoms. The summed E-state index contributed by atoms with van der Waals surface area (Å²) in [6, 6.07) is 3.16. The molecule has 0 fully saturated rings. The van der Waals surface area contributed by atoms with E-state index in [1.165, 1.54) is 6.07 Å². The molecule has 1 aromatic heterocycles. The van der Waals surface area contributed by atoms with Crippen LogP contribution in [0.2, 0.25) is 5.02 Å². The summed E-state index contributed by atoms with van der Waals surface area (Å²) >= 11 is 6.13. The highest BCUT2D eigenvalue weighted by Crippen LogP contribution is 2.34. The predicted molar refractivity (Wildman–Crippen MR) is 77.3 cm³/mol. The second kappa shape index (κ2) is 5.41. The van der Waals surface area contributed by atoms with Crippen molar-refractivity contribution in [2.75, 3.05) is 6.61 Å². The molecule has 0 bridgehead atoms. The van der Waals surface area contributed by atoms with Crippen molar-refractivity contribution >= 4 is 28.5 Å². The number of hydrogen-bond donors (Lipinski definition) is 1. The van der Waals surface area contributed by atoms with Crippen molar-refractivity contribution in [3.63, 3.8) is 0 Å². The van der Waals surface area contributed by atoms with E-state index in [1.807, 2.05) is 0 Å². The lowest BCUT2D eigenvalue weighted by Gasteiger charge is -2.16. The van der Waals surface area contributed by atoms with E-state index < -0.39 is 12.6 Å². The van der Waals surface area contributed by atoms with Gasteiger partial charge in [0.1, 0.15) is 11.3 Å². The van der Waals surface area contributed by atoms with E-state index in [0.717, 1.165) is 42.2 Å². The predicted octanol–water partition coefficient (Wildman–Crippen LogP) is 2.79. The molecule has 0 atom stereocenters. The summed E-state index contributed by atoms with van der Waals surface area (Å²) in [5.41, 5.74) is 1.76. The molecule has 0 amide bonds. The fourth-order valence-electron chi connectivity index (χ4n) is 2.69. The standard InChI is InChI=1S/C15H13ClO5/c16-11-5-10-8-3-1-2-4-9(8)15(19)21-12(10)6-13(11)20-7-14(17)18/h5-6H,1-4,7H2,(H,17,18).